The van der Waals surface area contributed by atoms with Gasteiger partial charge in [-0.25, -0.2) is 0 Å². The van der Waals surface area contributed by atoms with Gasteiger partial charge in [-0.05, 0) is 43.0 Å². The van der Waals surface area contributed by atoms with E-state index in [4.69, 9.17) is 0 Å². The fourth-order valence-corrected chi connectivity index (χ4v) is 1.45. The van der Waals surface area contributed by atoms with E-state index < -0.39 is 0 Å². The topological polar surface area (TPSA) is 15.3 Å². The summed E-state index contributed by atoms with van der Waals surface area (Å²) in [5, 5.41) is 1.98. The van der Waals surface area contributed by atoms with E-state index in [2.05, 4.69) is 38.3 Å². The molecule has 0 atom stereocenters. The SMILES string of the molecule is Cc1cc(C)c(CNN(C)C)cc1C. The summed E-state index contributed by atoms with van der Waals surface area (Å²) in [6.45, 7) is 7.39. The molecule has 0 spiro atoms. The summed E-state index contributed by atoms with van der Waals surface area (Å²) in [7, 11) is 4.02. The van der Waals surface area contributed by atoms with Crippen LogP contribution in [0.25, 0.3) is 0 Å². The quantitative estimate of drug-likeness (QED) is 0.738. The number of benzene rings is 1. The van der Waals surface area contributed by atoms with Gasteiger partial charge in [0.25, 0.3) is 0 Å². The Balaban J connectivity index is 2.82. The van der Waals surface area contributed by atoms with Gasteiger partial charge in [0.2, 0.25) is 0 Å². The maximum Gasteiger partial charge on any atom is 0.0355 e. The lowest BCUT2D eigenvalue weighted by Crippen LogP contribution is -2.29. The predicted molar refractivity (Wildman–Crippen MR) is 61.2 cm³/mol. The van der Waals surface area contributed by atoms with Crippen molar-refractivity contribution in [2.45, 2.75) is 27.3 Å². The molecule has 0 aliphatic heterocycles. The van der Waals surface area contributed by atoms with Crippen molar-refractivity contribution in [1.29, 1.82) is 0 Å². The number of nitrogens with one attached hydrogen (secondary N) is 1. The summed E-state index contributed by atoms with van der Waals surface area (Å²) in [6.07, 6.45) is 0. The molecule has 0 heterocycles. The first-order valence-corrected chi connectivity index (χ1v) is 4.98. The van der Waals surface area contributed by atoms with Crippen LogP contribution in [0.3, 0.4) is 0 Å². The molecule has 0 aliphatic rings. The minimum absolute atomic E-state index is 0.903. The monoisotopic (exact) mass is 192 g/mol. The Hall–Kier alpha value is -0.860. The Morgan fingerprint density at radius 1 is 1.00 bits per heavy atom. The van der Waals surface area contributed by atoms with Gasteiger partial charge < -0.3 is 0 Å². The van der Waals surface area contributed by atoms with E-state index in [0.29, 0.717) is 0 Å². The van der Waals surface area contributed by atoms with Crippen LogP contribution in [-0.4, -0.2) is 19.1 Å². The van der Waals surface area contributed by atoms with Crippen LogP contribution in [-0.2, 0) is 6.54 Å². The molecule has 78 valence electrons. The van der Waals surface area contributed by atoms with Gasteiger partial charge >= 0.3 is 0 Å². The van der Waals surface area contributed by atoms with Crippen LogP contribution in [0.1, 0.15) is 22.3 Å². The highest BCUT2D eigenvalue weighted by atomic mass is 15.5. The Bertz CT molecular complexity index is 316. The molecular weight excluding hydrogens is 172 g/mol. The van der Waals surface area contributed by atoms with E-state index in [-0.39, 0.29) is 0 Å². The lowest BCUT2D eigenvalue weighted by molar-refractivity contribution is 0.285. The first kappa shape index (κ1) is 11.2. The molecule has 0 bridgehead atoms. The summed E-state index contributed by atoms with van der Waals surface area (Å²) < 4.78 is 0. The maximum atomic E-state index is 3.28. The van der Waals surface area contributed by atoms with Crippen LogP contribution in [0.15, 0.2) is 12.1 Å². The van der Waals surface area contributed by atoms with Crippen molar-refractivity contribution in [3.63, 3.8) is 0 Å². The first-order chi connectivity index (χ1) is 6.50. The van der Waals surface area contributed by atoms with Gasteiger partial charge in [0.05, 0.1) is 0 Å². The van der Waals surface area contributed by atoms with Crippen LogP contribution >= 0.6 is 0 Å². The van der Waals surface area contributed by atoms with Crippen LogP contribution in [0.2, 0.25) is 0 Å². The number of hydrogen-bond acceptors (Lipinski definition) is 2. The average Bonchev–Trinajstić information content (AvgIpc) is 2.09. The third kappa shape index (κ3) is 2.82. The van der Waals surface area contributed by atoms with Gasteiger partial charge in [-0.15, -0.1) is 0 Å². The molecule has 0 radical (unpaired) electrons. The predicted octanol–water partition coefficient (Wildman–Crippen LogP) is 2.18. The summed E-state index contributed by atoms with van der Waals surface area (Å²) in [5.41, 5.74) is 8.76. The zero-order valence-electron chi connectivity index (χ0n) is 9.81. The smallest absolute Gasteiger partial charge is 0.0355 e. The highest BCUT2D eigenvalue weighted by molar-refractivity contribution is 5.36. The van der Waals surface area contributed by atoms with Gasteiger partial charge in [0.15, 0.2) is 0 Å². The van der Waals surface area contributed by atoms with Crippen molar-refractivity contribution in [2.24, 2.45) is 0 Å². The molecule has 1 aromatic rings. The summed E-state index contributed by atoms with van der Waals surface area (Å²) in [5.74, 6) is 0. The highest BCUT2D eigenvalue weighted by Crippen LogP contribution is 2.14. The Morgan fingerprint density at radius 3 is 2.14 bits per heavy atom. The van der Waals surface area contributed by atoms with Crippen molar-refractivity contribution in [3.05, 3.63) is 34.4 Å². The number of hydrogen-bond donors (Lipinski definition) is 1. The van der Waals surface area contributed by atoms with Gasteiger partial charge in [-0.3, -0.25) is 10.4 Å². The van der Waals surface area contributed by atoms with Gasteiger partial charge in [0.1, 0.15) is 0 Å². The second-order valence-electron chi connectivity index (χ2n) is 4.09. The van der Waals surface area contributed by atoms with Crippen molar-refractivity contribution in [3.8, 4) is 0 Å². The summed E-state index contributed by atoms with van der Waals surface area (Å²) in [4.78, 5) is 0. The van der Waals surface area contributed by atoms with E-state index in [1.807, 2.05) is 19.1 Å². The Kier molecular flexibility index (Phi) is 3.67. The van der Waals surface area contributed by atoms with E-state index in [9.17, 15) is 0 Å². The van der Waals surface area contributed by atoms with E-state index in [1.54, 1.807) is 0 Å². The third-order valence-corrected chi connectivity index (χ3v) is 2.54. The minimum atomic E-state index is 0.903. The summed E-state index contributed by atoms with van der Waals surface area (Å²) in [6, 6.07) is 4.52. The highest BCUT2D eigenvalue weighted by Gasteiger charge is 2.01. The second-order valence-corrected chi connectivity index (χ2v) is 4.09. The lowest BCUT2D eigenvalue weighted by Gasteiger charge is -2.14. The molecule has 1 rings (SSSR count). The zero-order valence-corrected chi connectivity index (χ0v) is 9.81. The van der Waals surface area contributed by atoms with Crippen molar-refractivity contribution in [2.75, 3.05) is 14.1 Å². The summed E-state index contributed by atoms with van der Waals surface area (Å²) >= 11 is 0. The van der Waals surface area contributed by atoms with Gasteiger partial charge in [0, 0.05) is 20.6 Å². The largest absolute Gasteiger partial charge is 0.251 e. The number of hydrazine groups is 1. The van der Waals surface area contributed by atoms with Crippen LogP contribution in [0.4, 0.5) is 0 Å². The average molecular weight is 192 g/mol. The molecule has 0 fully saturated rings. The molecule has 2 heteroatoms. The van der Waals surface area contributed by atoms with Crippen molar-refractivity contribution >= 4 is 0 Å². The molecule has 0 saturated heterocycles. The Morgan fingerprint density at radius 2 is 1.57 bits per heavy atom. The fraction of sp³-hybridized carbons (Fsp3) is 0.500. The second kappa shape index (κ2) is 4.58. The van der Waals surface area contributed by atoms with E-state index in [0.717, 1.165) is 6.54 Å². The Labute approximate surface area is 86.9 Å². The third-order valence-electron chi connectivity index (χ3n) is 2.54. The standard InChI is InChI=1S/C12H20N2/c1-9-6-11(3)12(7-10(9)2)8-13-14(4)5/h6-7,13H,8H2,1-5H3. The number of nitrogens with zero attached hydrogens (tertiary/aromatic N) is 1. The van der Waals surface area contributed by atoms with Crippen LogP contribution < -0.4 is 5.43 Å². The molecule has 0 unspecified atom stereocenters. The fourth-order valence-electron chi connectivity index (χ4n) is 1.45. The van der Waals surface area contributed by atoms with Crippen molar-refractivity contribution < 1.29 is 0 Å². The molecule has 0 saturated carbocycles. The van der Waals surface area contributed by atoms with Crippen LogP contribution in [0, 0.1) is 20.8 Å². The number of aryl methyl sites for hydroxylation is 3. The van der Waals surface area contributed by atoms with Gasteiger partial charge in [-0.1, -0.05) is 12.1 Å². The molecule has 2 nitrogen and oxygen atoms in total. The van der Waals surface area contributed by atoms with Crippen LogP contribution in [0.5, 0.6) is 0 Å². The molecule has 1 aromatic carbocycles. The first-order valence-electron chi connectivity index (χ1n) is 4.98. The molecule has 14 heavy (non-hydrogen) atoms. The van der Waals surface area contributed by atoms with Crippen molar-refractivity contribution in [1.82, 2.24) is 10.4 Å². The lowest BCUT2D eigenvalue weighted by atomic mass is 10.0. The molecular formula is C12H20N2. The minimum Gasteiger partial charge on any atom is -0.251 e. The van der Waals surface area contributed by atoms with Gasteiger partial charge in [-0.2, -0.15) is 0 Å². The van der Waals surface area contributed by atoms with E-state index >= 15 is 0 Å². The normalized spacial score (nSPS) is 11.0. The molecule has 0 aromatic heterocycles. The molecule has 1 N–H and O–H groups in total. The maximum absolute atomic E-state index is 3.28. The van der Waals surface area contributed by atoms with E-state index in [1.165, 1.54) is 22.3 Å². The molecule has 0 amide bonds. The number of rotatable bonds is 3. The molecule has 0 aliphatic carbocycles. The zero-order chi connectivity index (χ0) is 10.7.